The van der Waals surface area contributed by atoms with Gasteiger partial charge in [-0.05, 0) is 42.0 Å². The lowest BCUT2D eigenvalue weighted by Crippen LogP contribution is -2.25. The molecule has 0 amide bonds. The summed E-state index contributed by atoms with van der Waals surface area (Å²) < 4.78 is 6.00. The lowest BCUT2D eigenvalue weighted by atomic mass is 9.85. The fourth-order valence-electron chi connectivity index (χ4n) is 2.15. The number of aryl methyl sites for hydroxylation is 1. The third kappa shape index (κ3) is 5.54. The summed E-state index contributed by atoms with van der Waals surface area (Å²) in [7, 11) is 0. The number of ether oxygens (including phenoxy) is 1. The molecule has 2 heteroatoms. The molecule has 0 saturated carbocycles. The topological polar surface area (TPSA) is 21.3 Å². The van der Waals surface area contributed by atoms with Crippen molar-refractivity contribution in [1.29, 1.82) is 0 Å². The quantitative estimate of drug-likeness (QED) is 0.750. The van der Waals surface area contributed by atoms with Gasteiger partial charge in [0.05, 0.1) is 6.61 Å². The van der Waals surface area contributed by atoms with Crippen LogP contribution in [0.25, 0.3) is 0 Å². The van der Waals surface area contributed by atoms with Gasteiger partial charge in [0.2, 0.25) is 0 Å². The van der Waals surface area contributed by atoms with E-state index in [9.17, 15) is 0 Å². The first-order valence-corrected chi connectivity index (χ1v) is 7.84. The van der Waals surface area contributed by atoms with Gasteiger partial charge >= 0.3 is 0 Å². The lowest BCUT2D eigenvalue weighted by molar-refractivity contribution is 0.298. The van der Waals surface area contributed by atoms with Crippen LogP contribution in [0, 0.1) is 0 Å². The molecule has 0 saturated heterocycles. The Morgan fingerprint density at radius 2 is 1.90 bits per heavy atom. The molecule has 114 valence electrons. The van der Waals surface area contributed by atoms with Gasteiger partial charge in [0.25, 0.3) is 0 Å². The van der Waals surface area contributed by atoms with Crippen molar-refractivity contribution in [2.75, 3.05) is 13.2 Å². The van der Waals surface area contributed by atoms with Crippen LogP contribution >= 0.6 is 0 Å². The number of benzene rings is 1. The Morgan fingerprint density at radius 3 is 2.45 bits per heavy atom. The summed E-state index contributed by atoms with van der Waals surface area (Å²) in [5.74, 6) is 1.04. The molecule has 0 heterocycles. The van der Waals surface area contributed by atoms with Gasteiger partial charge in [0.1, 0.15) is 5.75 Å². The van der Waals surface area contributed by atoms with Gasteiger partial charge in [-0.25, -0.2) is 0 Å². The minimum Gasteiger partial charge on any atom is -0.493 e. The molecule has 0 bridgehead atoms. The number of hydrogen-bond acceptors (Lipinski definition) is 2. The van der Waals surface area contributed by atoms with Gasteiger partial charge in [-0.1, -0.05) is 53.7 Å². The molecule has 0 atom stereocenters. The molecule has 0 aliphatic carbocycles. The first kappa shape index (κ1) is 17.0. The van der Waals surface area contributed by atoms with E-state index in [1.54, 1.807) is 0 Å². The Hall–Kier alpha value is -1.02. The zero-order valence-electron chi connectivity index (χ0n) is 14.0. The minimum atomic E-state index is 0.122. The zero-order chi connectivity index (χ0) is 15.2. The van der Waals surface area contributed by atoms with Crippen LogP contribution in [0.1, 0.15) is 59.1 Å². The molecule has 1 N–H and O–H groups in total. The molecule has 1 aromatic rings. The second-order valence-corrected chi connectivity index (χ2v) is 6.74. The van der Waals surface area contributed by atoms with Crippen LogP contribution in [0.3, 0.4) is 0 Å². The summed E-state index contributed by atoms with van der Waals surface area (Å²) in [6.07, 6.45) is 2.11. The van der Waals surface area contributed by atoms with Gasteiger partial charge < -0.3 is 10.1 Å². The molecule has 0 spiro atoms. The van der Waals surface area contributed by atoms with Crippen molar-refractivity contribution < 1.29 is 4.74 Å². The van der Waals surface area contributed by atoms with E-state index in [0.717, 1.165) is 31.7 Å². The Labute approximate surface area is 124 Å². The second kappa shape index (κ2) is 7.68. The first-order chi connectivity index (χ1) is 9.34. The average molecular weight is 277 g/mol. The maximum Gasteiger partial charge on any atom is 0.123 e. The van der Waals surface area contributed by atoms with Crippen molar-refractivity contribution in [3.63, 3.8) is 0 Å². The zero-order valence-corrected chi connectivity index (χ0v) is 14.0. The van der Waals surface area contributed by atoms with Gasteiger partial charge in [-0.3, -0.25) is 0 Å². The third-order valence-electron chi connectivity index (χ3n) is 3.39. The van der Waals surface area contributed by atoms with Gasteiger partial charge in [0.15, 0.2) is 0 Å². The molecule has 1 aromatic carbocycles. The number of hydrogen-bond donors (Lipinski definition) is 1. The van der Waals surface area contributed by atoms with Gasteiger partial charge in [-0.15, -0.1) is 0 Å². The van der Waals surface area contributed by atoms with E-state index >= 15 is 0 Å². The Kier molecular flexibility index (Phi) is 6.54. The average Bonchev–Trinajstić information content (AvgIpc) is 2.37. The molecule has 0 aliphatic rings. The molecule has 2 nitrogen and oxygen atoms in total. The molecular weight excluding hydrogens is 246 g/mol. The van der Waals surface area contributed by atoms with E-state index in [1.807, 2.05) is 0 Å². The Bertz CT molecular complexity index is 404. The smallest absolute Gasteiger partial charge is 0.123 e. The van der Waals surface area contributed by atoms with Crippen LogP contribution in [0.4, 0.5) is 0 Å². The van der Waals surface area contributed by atoms with E-state index in [2.05, 4.69) is 65.1 Å². The second-order valence-electron chi connectivity index (χ2n) is 6.74. The summed E-state index contributed by atoms with van der Waals surface area (Å²) >= 11 is 0. The molecule has 0 unspecified atom stereocenters. The normalized spacial score (nSPS) is 11.9. The van der Waals surface area contributed by atoms with Crippen LogP contribution in [-0.4, -0.2) is 19.2 Å². The van der Waals surface area contributed by atoms with E-state index in [-0.39, 0.29) is 5.41 Å². The predicted octanol–water partition coefficient (Wildman–Crippen LogP) is 4.31. The summed E-state index contributed by atoms with van der Waals surface area (Å²) in [5, 5.41) is 3.41. The molecule has 1 rings (SSSR count). The van der Waals surface area contributed by atoms with Crippen molar-refractivity contribution in [1.82, 2.24) is 5.32 Å². The van der Waals surface area contributed by atoms with Gasteiger partial charge in [-0.2, -0.15) is 0 Å². The van der Waals surface area contributed by atoms with Crippen LogP contribution in [0.5, 0.6) is 5.75 Å². The minimum absolute atomic E-state index is 0.122. The van der Waals surface area contributed by atoms with Crippen LogP contribution in [0.15, 0.2) is 18.2 Å². The Morgan fingerprint density at radius 1 is 1.20 bits per heavy atom. The van der Waals surface area contributed by atoms with Gasteiger partial charge in [0, 0.05) is 6.04 Å². The van der Waals surface area contributed by atoms with Crippen molar-refractivity contribution in [3.05, 3.63) is 29.3 Å². The molecule has 0 fully saturated rings. The summed E-state index contributed by atoms with van der Waals surface area (Å²) in [6.45, 7) is 15.0. The van der Waals surface area contributed by atoms with Crippen molar-refractivity contribution >= 4 is 0 Å². The SMILES string of the molecule is CCc1ccc(OCCCNC(C)C)c(C(C)(C)C)c1. The molecule has 0 aliphatic heterocycles. The van der Waals surface area contributed by atoms with Crippen LogP contribution in [-0.2, 0) is 11.8 Å². The first-order valence-electron chi connectivity index (χ1n) is 7.84. The van der Waals surface area contributed by atoms with E-state index in [4.69, 9.17) is 4.74 Å². The highest BCUT2D eigenvalue weighted by Crippen LogP contribution is 2.32. The summed E-state index contributed by atoms with van der Waals surface area (Å²) in [6, 6.07) is 7.15. The van der Waals surface area contributed by atoms with Crippen molar-refractivity contribution in [2.24, 2.45) is 0 Å². The lowest BCUT2D eigenvalue weighted by Gasteiger charge is -2.24. The highest BCUT2D eigenvalue weighted by Gasteiger charge is 2.19. The number of nitrogens with one attached hydrogen (secondary N) is 1. The largest absolute Gasteiger partial charge is 0.493 e. The molecule has 0 aromatic heterocycles. The number of rotatable bonds is 7. The summed E-state index contributed by atoms with van der Waals surface area (Å²) in [4.78, 5) is 0. The van der Waals surface area contributed by atoms with Crippen molar-refractivity contribution in [3.8, 4) is 5.75 Å². The fraction of sp³-hybridized carbons (Fsp3) is 0.667. The maximum absolute atomic E-state index is 6.00. The van der Waals surface area contributed by atoms with E-state index in [1.165, 1.54) is 11.1 Å². The monoisotopic (exact) mass is 277 g/mol. The Balaban J connectivity index is 2.65. The standard InChI is InChI=1S/C18H31NO/c1-7-15-9-10-17(16(13-15)18(4,5)6)20-12-8-11-19-14(2)3/h9-10,13-14,19H,7-8,11-12H2,1-6H3. The maximum atomic E-state index is 6.00. The van der Waals surface area contributed by atoms with E-state index in [0.29, 0.717) is 6.04 Å². The fourth-order valence-corrected chi connectivity index (χ4v) is 2.15. The van der Waals surface area contributed by atoms with Crippen LogP contribution < -0.4 is 10.1 Å². The molecule has 20 heavy (non-hydrogen) atoms. The summed E-state index contributed by atoms with van der Waals surface area (Å²) in [5.41, 5.74) is 2.81. The molecule has 0 radical (unpaired) electrons. The predicted molar refractivity (Wildman–Crippen MR) is 87.8 cm³/mol. The van der Waals surface area contributed by atoms with Crippen LogP contribution in [0.2, 0.25) is 0 Å². The highest BCUT2D eigenvalue weighted by molar-refractivity contribution is 5.41. The van der Waals surface area contributed by atoms with Crippen molar-refractivity contribution in [2.45, 2.75) is 65.8 Å². The molecular formula is C18H31NO. The third-order valence-corrected chi connectivity index (χ3v) is 3.39. The van der Waals surface area contributed by atoms with E-state index < -0.39 is 0 Å². The highest BCUT2D eigenvalue weighted by atomic mass is 16.5.